The zero-order chi connectivity index (χ0) is 18.4. The highest BCUT2D eigenvalue weighted by molar-refractivity contribution is 6.31. The van der Waals surface area contributed by atoms with E-state index >= 15 is 0 Å². The van der Waals surface area contributed by atoms with Gasteiger partial charge >= 0.3 is 0 Å². The maximum atomic E-state index is 12.3. The van der Waals surface area contributed by atoms with Crippen LogP contribution < -0.4 is 10.6 Å². The second-order valence-corrected chi connectivity index (χ2v) is 5.93. The van der Waals surface area contributed by atoms with Crippen LogP contribution in [0.5, 0.6) is 0 Å². The van der Waals surface area contributed by atoms with Crippen molar-refractivity contribution in [3.63, 3.8) is 0 Å². The topological polar surface area (TPSA) is 71.1 Å². The zero-order valence-electron chi connectivity index (χ0n) is 13.8. The molecular weight excluding hydrogens is 350 g/mol. The molecule has 2 amide bonds. The Morgan fingerprint density at radius 3 is 2.42 bits per heavy atom. The van der Waals surface area contributed by atoms with Gasteiger partial charge in [-0.15, -0.1) is 0 Å². The molecular formula is C20H16ClN3O2. The molecule has 0 fully saturated rings. The lowest BCUT2D eigenvalue weighted by Gasteiger charge is -2.08. The minimum Gasteiger partial charge on any atom is -0.347 e. The molecule has 3 aromatic rings. The van der Waals surface area contributed by atoms with Gasteiger partial charge in [-0.3, -0.25) is 14.6 Å². The van der Waals surface area contributed by atoms with Crippen LogP contribution in [0.3, 0.4) is 0 Å². The second-order valence-electron chi connectivity index (χ2n) is 5.52. The van der Waals surface area contributed by atoms with Gasteiger partial charge in [-0.25, -0.2) is 0 Å². The van der Waals surface area contributed by atoms with E-state index in [-0.39, 0.29) is 24.1 Å². The van der Waals surface area contributed by atoms with Gasteiger partial charge in [-0.2, -0.15) is 0 Å². The van der Waals surface area contributed by atoms with Gasteiger partial charge in [0.25, 0.3) is 11.8 Å². The number of para-hydroxylation sites is 1. The van der Waals surface area contributed by atoms with Gasteiger partial charge in [0.2, 0.25) is 0 Å². The van der Waals surface area contributed by atoms with E-state index in [1.165, 1.54) is 12.3 Å². The standard InChI is InChI=1S/C20H16ClN3O2/c21-17-9-5-4-6-15(17)13-23-20(26)18-12-14(10-11-22-18)19(25)24-16-7-2-1-3-8-16/h1-12H,13H2,(H,23,26)(H,24,25). The van der Waals surface area contributed by atoms with Gasteiger partial charge in [0.1, 0.15) is 5.69 Å². The van der Waals surface area contributed by atoms with E-state index in [2.05, 4.69) is 15.6 Å². The number of hydrogen-bond acceptors (Lipinski definition) is 3. The molecule has 0 bridgehead atoms. The number of carbonyl (C=O) groups excluding carboxylic acids is 2. The Morgan fingerprint density at radius 1 is 0.923 bits per heavy atom. The summed E-state index contributed by atoms with van der Waals surface area (Å²) < 4.78 is 0. The number of nitrogens with one attached hydrogen (secondary N) is 2. The average Bonchev–Trinajstić information content (AvgIpc) is 2.68. The fourth-order valence-electron chi connectivity index (χ4n) is 2.33. The first-order chi connectivity index (χ1) is 12.6. The Morgan fingerprint density at radius 2 is 1.65 bits per heavy atom. The van der Waals surface area contributed by atoms with Crippen molar-refractivity contribution in [1.29, 1.82) is 0 Å². The third kappa shape index (κ3) is 4.46. The van der Waals surface area contributed by atoms with Gasteiger partial charge in [0.15, 0.2) is 0 Å². The smallest absolute Gasteiger partial charge is 0.270 e. The maximum Gasteiger partial charge on any atom is 0.270 e. The van der Waals surface area contributed by atoms with Crippen LogP contribution in [0, 0.1) is 0 Å². The fourth-order valence-corrected chi connectivity index (χ4v) is 2.53. The molecule has 0 aliphatic carbocycles. The molecule has 0 aliphatic rings. The summed E-state index contributed by atoms with van der Waals surface area (Å²) in [6, 6.07) is 19.4. The Balaban J connectivity index is 1.67. The first-order valence-corrected chi connectivity index (χ1v) is 8.35. The second kappa shape index (κ2) is 8.27. The van der Waals surface area contributed by atoms with Gasteiger partial charge in [0, 0.05) is 29.0 Å². The van der Waals surface area contributed by atoms with E-state index in [0.29, 0.717) is 16.3 Å². The highest BCUT2D eigenvalue weighted by atomic mass is 35.5. The van der Waals surface area contributed by atoms with E-state index < -0.39 is 0 Å². The summed E-state index contributed by atoms with van der Waals surface area (Å²) >= 11 is 6.08. The Bertz CT molecular complexity index is 929. The number of rotatable bonds is 5. The van der Waals surface area contributed by atoms with Gasteiger partial charge in [-0.1, -0.05) is 48.0 Å². The number of halogens is 1. The van der Waals surface area contributed by atoms with Crippen molar-refractivity contribution in [2.24, 2.45) is 0 Å². The van der Waals surface area contributed by atoms with Crippen LogP contribution in [0.25, 0.3) is 0 Å². The molecule has 2 aromatic carbocycles. The van der Waals surface area contributed by atoms with E-state index in [9.17, 15) is 9.59 Å². The highest BCUT2D eigenvalue weighted by Crippen LogP contribution is 2.14. The minimum absolute atomic E-state index is 0.165. The monoisotopic (exact) mass is 365 g/mol. The lowest BCUT2D eigenvalue weighted by molar-refractivity contribution is 0.0946. The van der Waals surface area contributed by atoms with Crippen LogP contribution >= 0.6 is 11.6 Å². The molecule has 1 heterocycles. The van der Waals surface area contributed by atoms with E-state index in [1.807, 2.05) is 36.4 Å². The Kier molecular flexibility index (Phi) is 5.61. The first kappa shape index (κ1) is 17.6. The Hall–Kier alpha value is -3.18. The quantitative estimate of drug-likeness (QED) is 0.720. The van der Waals surface area contributed by atoms with Gasteiger partial charge < -0.3 is 10.6 Å². The number of aromatic nitrogens is 1. The molecule has 2 N–H and O–H groups in total. The molecule has 5 nitrogen and oxygen atoms in total. The average molecular weight is 366 g/mol. The van der Waals surface area contributed by atoms with Gasteiger partial charge in [-0.05, 0) is 35.9 Å². The number of carbonyl (C=O) groups is 2. The third-order valence-electron chi connectivity index (χ3n) is 3.68. The Labute approximate surface area is 156 Å². The zero-order valence-corrected chi connectivity index (χ0v) is 14.5. The molecule has 0 radical (unpaired) electrons. The molecule has 0 unspecified atom stereocenters. The maximum absolute atomic E-state index is 12.3. The predicted molar refractivity (Wildman–Crippen MR) is 101 cm³/mol. The van der Waals surface area contributed by atoms with Crippen molar-refractivity contribution >= 4 is 29.1 Å². The molecule has 1 aromatic heterocycles. The summed E-state index contributed by atoms with van der Waals surface area (Å²) in [5, 5.41) is 6.11. The summed E-state index contributed by atoms with van der Waals surface area (Å²) in [7, 11) is 0. The number of anilines is 1. The van der Waals surface area contributed by atoms with Crippen molar-refractivity contribution in [1.82, 2.24) is 10.3 Å². The fraction of sp³-hybridized carbons (Fsp3) is 0.0500. The molecule has 0 aliphatic heterocycles. The first-order valence-electron chi connectivity index (χ1n) is 7.97. The molecule has 0 spiro atoms. The minimum atomic E-state index is -0.376. The highest BCUT2D eigenvalue weighted by Gasteiger charge is 2.12. The summed E-state index contributed by atoms with van der Waals surface area (Å²) in [6.07, 6.45) is 1.43. The van der Waals surface area contributed by atoms with Crippen molar-refractivity contribution in [3.05, 3.63) is 94.8 Å². The summed E-state index contributed by atoms with van der Waals surface area (Å²) in [5.41, 5.74) is 2.00. The molecule has 0 saturated heterocycles. The van der Waals surface area contributed by atoms with Crippen LogP contribution in [0.1, 0.15) is 26.4 Å². The normalized spacial score (nSPS) is 10.2. The summed E-state index contributed by atoms with van der Waals surface area (Å²) in [6.45, 7) is 0.278. The van der Waals surface area contributed by atoms with Crippen LogP contribution in [-0.2, 0) is 6.54 Å². The number of nitrogens with zero attached hydrogens (tertiary/aromatic N) is 1. The predicted octanol–water partition coefficient (Wildman–Crippen LogP) is 3.92. The van der Waals surface area contributed by atoms with E-state index in [1.54, 1.807) is 24.3 Å². The molecule has 3 rings (SSSR count). The van der Waals surface area contributed by atoms with Crippen molar-refractivity contribution in [3.8, 4) is 0 Å². The number of pyridine rings is 1. The van der Waals surface area contributed by atoms with Crippen LogP contribution in [-0.4, -0.2) is 16.8 Å². The van der Waals surface area contributed by atoms with E-state index in [4.69, 9.17) is 11.6 Å². The van der Waals surface area contributed by atoms with Crippen molar-refractivity contribution in [2.45, 2.75) is 6.54 Å². The SMILES string of the molecule is O=C(Nc1ccccc1)c1ccnc(C(=O)NCc2ccccc2Cl)c1. The number of amides is 2. The van der Waals surface area contributed by atoms with Crippen LogP contribution in [0.15, 0.2) is 72.9 Å². The van der Waals surface area contributed by atoms with Crippen LogP contribution in [0.4, 0.5) is 5.69 Å². The molecule has 0 saturated carbocycles. The molecule has 6 heteroatoms. The molecule has 26 heavy (non-hydrogen) atoms. The van der Waals surface area contributed by atoms with Crippen LogP contribution in [0.2, 0.25) is 5.02 Å². The van der Waals surface area contributed by atoms with Crippen molar-refractivity contribution < 1.29 is 9.59 Å². The number of benzene rings is 2. The lowest BCUT2D eigenvalue weighted by Crippen LogP contribution is -2.24. The lowest BCUT2D eigenvalue weighted by atomic mass is 10.2. The third-order valence-corrected chi connectivity index (χ3v) is 4.05. The largest absolute Gasteiger partial charge is 0.347 e. The number of hydrogen-bond donors (Lipinski definition) is 2. The van der Waals surface area contributed by atoms with E-state index in [0.717, 1.165) is 5.56 Å². The van der Waals surface area contributed by atoms with Crippen molar-refractivity contribution in [2.75, 3.05) is 5.32 Å². The molecule has 130 valence electrons. The summed E-state index contributed by atoms with van der Waals surface area (Å²) in [5.74, 6) is -0.682. The molecule has 0 atom stereocenters. The summed E-state index contributed by atoms with van der Waals surface area (Å²) in [4.78, 5) is 28.7. The van der Waals surface area contributed by atoms with Gasteiger partial charge in [0.05, 0.1) is 0 Å².